The summed E-state index contributed by atoms with van der Waals surface area (Å²) in [5, 5.41) is 6.92. The molecule has 1 saturated heterocycles. The standard InChI is InChI=1S/C24H21N5O3S2/c1-13-21(23(32)27-16-6-4-3-5-7-16)34-24(25-13)28-22(31)15-10-20(30)29(12-15)17-8-9-19-18(11-17)26-14(2)33-19/h3-9,11,15H,10,12H2,1-2H3,(H,27,32)(H,25,28,31). The van der Waals surface area contributed by atoms with Crippen molar-refractivity contribution in [3.8, 4) is 0 Å². The molecule has 3 amide bonds. The molecule has 2 N–H and O–H groups in total. The Hall–Kier alpha value is -3.63. The highest BCUT2D eigenvalue weighted by atomic mass is 32.1. The van der Waals surface area contributed by atoms with Gasteiger partial charge in [-0.25, -0.2) is 9.97 Å². The van der Waals surface area contributed by atoms with Crippen molar-refractivity contribution in [2.45, 2.75) is 20.3 Å². The van der Waals surface area contributed by atoms with Crippen molar-refractivity contribution in [2.24, 2.45) is 5.92 Å². The van der Waals surface area contributed by atoms with Crippen LogP contribution in [-0.4, -0.2) is 34.2 Å². The van der Waals surface area contributed by atoms with E-state index in [0.29, 0.717) is 21.4 Å². The van der Waals surface area contributed by atoms with Crippen LogP contribution >= 0.6 is 22.7 Å². The van der Waals surface area contributed by atoms with Crippen LogP contribution in [0.3, 0.4) is 0 Å². The molecule has 0 bridgehead atoms. The molecule has 172 valence electrons. The molecule has 34 heavy (non-hydrogen) atoms. The third-order valence-corrected chi connectivity index (χ3v) is 7.57. The van der Waals surface area contributed by atoms with E-state index in [1.807, 2.05) is 43.3 Å². The summed E-state index contributed by atoms with van der Waals surface area (Å²) in [5.41, 5.74) is 2.80. The number of amides is 3. The van der Waals surface area contributed by atoms with Gasteiger partial charge >= 0.3 is 0 Å². The van der Waals surface area contributed by atoms with Crippen molar-refractivity contribution in [1.29, 1.82) is 0 Å². The summed E-state index contributed by atoms with van der Waals surface area (Å²) < 4.78 is 1.06. The van der Waals surface area contributed by atoms with E-state index in [-0.39, 0.29) is 30.7 Å². The molecule has 1 fully saturated rings. The van der Waals surface area contributed by atoms with Crippen LogP contribution in [0, 0.1) is 19.8 Å². The maximum atomic E-state index is 12.9. The Bertz CT molecular complexity index is 1410. The number of nitrogens with one attached hydrogen (secondary N) is 2. The second kappa shape index (κ2) is 8.96. The summed E-state index contributed by atoms with van der Waals surface area (Å²) in [4.78, 5) is 49.1. The highest BCUT2D eigenvalue weighted by molar-refractivity contribution is 7.18. The first-order valence-electron chi connectivity index (χ1n) is 10.7. The van der Waals surface area contributed by atoms with Crippen molar-refractivity contribution in [2.75, 3.05) is 22.1 Å². The quantitative estimate of drug-likeness (QED) is 0.424. The Labute approximate surface area is 203 Å². The molecule has 2 aromatic heterocycles. The minimum absolute atomic E-state index is 0.107. The van der Waals surface area contributed by atoms with Crippen LogP contribution in [0.2, 0.25) is 0 Å². The van der Waals surface area contributed by atoms with Crippen molar-refractivity contribution in [1.82, 2.24) is 9.97 Å². The monoisotopic (exact) mass is 491 g/mol. The third-order valence-electron chi connectivity index (χ3n) is 5.55. The van der Waals surface area contributed by atoms with Crippen LogP contribution in [0.25, 0.3) is 10.2 Å². The summed E-state index contributed by atoms with van der Waals surface area (Å²) in [5.74, 6) is -1.18. The molecule has 0 saturated carbocycles. The number of aromatic nitrogens is 2. The molecule has 0 spiro atoms. The fourth-order valence-corrected chi connectivity index (χ4v) is 5.58. The van der Waals surface area contributed by atoms with E-state index in [2.05, 4.69) is 20.6 Å². The highest BCUT2D eigenvalue weighted by Gasteiger charge is 2.35. The van der Waals surface area contributed by atoms with E-state index >= 15 is 0 Å². The number of aryl methyl sites for hydroxylation is 2. The number of para-hydroxylation sites is 1. The lowest BCUT2D eigenvalue weighted by molar-refractivity contribution is -0.122. The minimum atomic E-state index is -0.508. The largest absolute Gasteiger partial charge is 0.321 e. The van der Waals surface area contributed by atoms with E-state index in [1.165, 1.54) is 0 Å². The maximum Gasteiger partial charge on any atom is 0.267 e. The van der Waals surface area contributed by atoms with Crippen molar-refractivity contribution in [3.63, 3.8) is 0 Å². The number of anilines is 3. The number of nitrogens with zero attached hydrogens (tertiary/aromatic N) is 3. The van der Waals surface area contributed by atoms with E-state index in [0.717, 1.165) is 32.2 Å². The Morgan fingerprint density at radius 1 is 1.03 bits per heavy atom. The zero-order valence-electron chi connectivity index (χ0n) is 18.5. The average Bonchev–Trinajstić information content (AvgIpc) is 3.49. The molecule has 3 heterocycles. The smallest absolute Gasteiger partial charge is 0.267 e. The fourth-order valence-electron chi connectivity index (χ4n) is 3.91. The van der Waals surface area contributed by atoms with Crippen LogP contribution < -0.4 is 15.5 Å². The molecular formula is C24H21N5O3S2. The van der Waals surface area contributed by atoms with Gasteiger partial charge in [-0.3, -0.25) is 14.4 Å². The van der Waals surface area contributed by atoms with E-state index in [9.17, 15) is 14.4 Å². The SMILES string of the molecule is Cc1nc2cc(N3CC(C(=O)Nc4nc(C)c(C(=O)Nc5ccccc5)s4)CC3=O)ccc2s1. The molecule has 10 heteroatoms. The lowest BCUT2D eigenvalue weighted by Gasteiger charge is -2.16. The topological polar surface area (TPSA) is 104 Å². The lowest BCUT2D eigenvalue weighted by Crippen LogP contribution is -2.28. The first kappa shape index (κ1) is 22.2. The van der Waals surface area contributed by atoms with Crippen LogP contribution in [0.1, 0.15) is 26.8 Å². The molecule has 2 aromatic carbocycles. The van der Waals surface area contributed by atoms with Gasteiger partial charge in [-0.2, -0.15) is 0 Å². The molecule has 1 aliphatic rings. The van der Waals surface area contributed by atoms with Crippen molar-refractivity contribution < 1.29 is 14.4 Å². The van der Waals surface area contributed by atoms with Gasteiger partial charge in [0.15, 0.2) is 5.13 Å². The van der Waals surface area contributed by atoms with Crippen LogP contribution in [-0.2, 0) is 9.59 Å². The van der Waals surface area contributed by atoms with Crippen molar-refractivity contribution >= 4 is 67.1 Å². The third kappa shape index (κ3) is 4.42. The molecule has 8 nitrogen and oxygen atoms in total. The van der Waals surface area contributed by atoms with Gasteiger partial charge in [-0.05, 0) is 44.2 Å². The van der Waals surface area contributed by atoms with Gasteiger partial charge in [0, 0.05) is 24.3 Å². The number of thiazole rings is 2. The zero-order chi connectivity index (χ0) is 23.8. The number of benzene rings is 2. The molecule has 4 aromatic rings. The minimum Gasteiger partial charge on any atom is -0.321 e. The molecule has 0 radical (unpaired) electrons. The Kier molecular flexibility index (Phi) is 5.84. The van der Waals surface area contributed by atoms with Crippen LogP contribution in [0.15, 0.2) is 48.5 Å². The first-order valence-corrected chi connectivity index (χ1v) is 12.3. The van der Waals surface area contributed by atoms with E-state index in [4.69, 9.17) is 0 Å². The number of carbonyl (C=O) groups excluding carboxylic acids is 3. The predicted molar refractivity (Wildman–Crippen MR) is 135 cm³/mol. The summed E-state index contributed by atoms with van der Waals surface area (Å²) in [6.07, 6.45) is 0.117. The number of rotatable bonds is 5. The van der Waals surface area contributed by atoms with Crippen molar-refractivity contribution in [3.05, 3.63) is 64.1 Å². The number of hydrogen-bond donors (Lipinski definition) is 2. The van der Waals surface area contributed by atoms with Gasteiger partial charge in [0.25, 0.3) is 5.91 Å². The van der Waals surface area contributed by atoms with Gasteiger partial charge in [0.05, 0.1) is 26.8 Å². The molecular weight excluding hydrogens is 470 g/mol. The molecule has 1 aliphatic heterocycles. The first-order chi connectivity index (χ1) is 16.4. The van der Waals surface area contributed by atoms with Gasteiger partial charge in [-0.15, -0.1) is 11.3 Å². The second-order valence-corrected chi connectivity index (χ2v) is 10.3. The maximum absolute atomic E-state index is 12.9. The summed E-state index contributed by atoms with van der Waals surface area (Å²) >= 11 is 2.72. The Morgan fingerprint density at radius 2 is 1.82 bits per heavy atom. The van der Waals surface area contributed by atoms with Gasteiger partial charge in [0.2, 0.25) is 11.8 Å². The second-order valence-electron chi connectivity index (χ2n) is 8.03. The predicted octanol–water partition coefficient (Wildman–Crippen LogP) is 4.61. The summed E-state index contributed by atoms with van der Waals surface area (Å²) in [6.45, 7) is 3.96. The van der Waals surface area contributed by atoms with Gasteiger partial charge in [-0.1, -0.05) is 29.5 Å². The van der Waals surface area contributed by atoms with E-state index < -0.39 is 5.92 Å². The highest BCUT2D eigenvalue weighted by Crippen LogP contribution is 2.31. The molecule has 5 rings (SSSR count). The summed E-state index contributed by atoms with van der Waals surface area (Å²) in [7, 11) is 0. The average molecular weight is 492 g/mol. The van der Waals surface area contributed by atoms with Crippen LogP contribution in [0.5, 0.6) is 0 Å². The Morgan fingerprint density at radius 3 is 2.62 bits per heavy atom. The van der Waals surface area contributed by atoms with Gasteiger partial charge in [0.1, 0.15) is 4.88 Å². The molecule has 1 atom stereocenters. The number of hydrogen-bond acceptors (Lipinski definition) is 7. The summed E-state index contributed by atoms with van der Waals surface area (Å²) in [6, 6.07) is 14.9. The molecule has 1 unspecified atom stereocenters. The molecule has 0 aliphatic carbocycles. The zero-order valence-corrected chi connectivity index (χ0v) is 20.1. The number of fused-ring (bicyclic) bond motifs is 1. The number of carbonyl (C=O) groups is 3. The lowest BCUT2D eigenvalue weighted by atomic mass is 10.1. The van der Waals surface area contributed by atoms with E-state index in [1.54, 1.807) is 35.3 Å². The Balaban J connectivity index is 1.26. The fraction of sp³-hybridized carbons (Fsp3) is 0.208. The van der Waals surface area contributed by atoms with Crippen LogP contribution in [0.4, 0.5) is 16.5 Å². The normalized spacial score (nSPS) is 15.6. The van der Waals surface area contributed by atoms with Gasteiger partial charge < -0.3 is 15.5 Å².